The van der Waals surface area contributed by atoms with Gasteiger partial charge in [-0.3, -0.25) is 4.79 Å². The molecule has 0 bridgehead atoms. The largest absolute Gasteiger partial charge is 0.344 e. The number of aromatic nitrogens is 2. The summed E-state index contributed by atoms with van der Waals surface area (Å²) in [7, 11) is 1.95. The molecule has 0 aliphatic carbocycles. The minimum atomic E-state index is -0.105. The molecular formula is C18H24N4O. The summed E-state index contributed by atoms with van der Waals surface area (Å²) >= 11 is 0. The van der Waals surface area contributed by atoms with Crippen LogP contribution in [0.15, 0.2) is 42.6 Å². The van der Waals surface area contributed by atoms with Gasteiger partial charge >= 0.3 is 0 Å². The lowest BCUT2D eigenvalue weighted by Gasteiger charge is -2.21. The van der Waals surface area contributed by atoms with E-state index in [-0.39, 0.29) is 5.91 Å². The van der Waals surface area contributed by atoms with Crippen molar-refractivity contribution < 1.29 is 4.79 Å². The van der Waals surface area contributed by atoms with E-state index in [2.05, 4.69) is 16.9 Å². The van der Waals surface area contributed by atoms with Crippen molar-refractivity contribution >= 4 is 17.5 Å². The molecule has 1 heterocycles. The first-order chi connectivity index (χ1) is 11.2. The maximum atomic E-state index is 12.8. The molecule has 23 heavy (non-hydrogen) atoms. The number of benzene rings is 1. The summed E-state index contributed by atoms with van der Waals surface area (Å²) in [6.07, 6.45) is 3.83. The lowest BCUT2D eigenvalue weighted by atomic mass is 10.2. The van der Waals surface area contributed by atoms with Crippen molar-refractivity contribution in [3.8, 4) is 0 Å². The molecule has 1 aromatic heterocycles. The maximum Gasteiger partial charge on any atom is 0.277 e. The Kier molecular flexibility index (Phi) is 6.09. The highest BCUT2D eigenvalue weighted by atomic mass is 16.2. The van der Waals surface area contributed by atoms with Crippen molar-refractivity contribution in [1.29, 1.82) is 0 Å². The normalized spacial score (nSPS) is 10.4. The average Bonchev–Trinajstić information content (AvgIpc) is 2.61. The van der Waals surface area contributed by atoms with E-state index in [1.807, 2.05) is 49.2 Å². The average molecular weight is 312 g/mol. The quantitative estimate of drug-likeness (QED) is 0.786. The van der Waals surface area contributed by atoms with E-state index in [0.29, 0.717) is 18.2 Å². The van der Waals surface area contributed by atoms with Crippen LogP contribution < -0.4 is 9.80 Å². The molecule has 1 aromatic carbocycles. The van der Waals surface area contributed by atoms with Crippen molar-refractivity contribution in [2.75, 3.05) is 29.9 Å². The predicted molar refractivity (Wildman–Crippen MR) is 94.0 cm³/mol. The van der Waals surface area contributed by atoms with Crippen LogP contribution >= 0.6 is 0 Å². The van der Waals surface area contributed by atoms with Crippen molar-refractivity contribution in [1.82, 2.24) is 9.97 Å². The predicted octanol–water partition coefficient (Wildman–Crippen LogP) is 3.38. The van der Waals surface area contributed by atoms with Gasteiger partial charge in [0, 0.05) is 32.0 Å². The van der Waals surface area contributed by atoms with Gasteiger partial charge in [-0.25, -0.2) is 9.97 Å². The van der Waals surface area contributed by atoms with E-state index in [1.165, 1.54) is 0 Å². The molecule has 0 aliphatic rings. The van der Waals surface area contributed by atoms with Gasteiger partial charge in [0.2, 0.25) is 5.95 Å². The second-order valence-electron chi connectivity index (χ2n) is 5.40. The SMILES string of the molecule is CCCCN(C)c1nccc(C(=O)N(CC)c2ccccc2)n1. The Balaban J connectivity index is 2.21. The zero-order valence-corrected chi connectivity index (χ0v) is 14.1. The number of nitrogens with zero attached hydrogens (tertiary/aromatic N) is 4. The highest BCUT2D eigenvalue weighted by Gasteiger charge is 2.18. The summed E-state index contributed by atoms with van der Waals surface area (Å²) < 4.78 is 0. The van der Waals surface area contributed by atoms with E-state index in [4.69, 9.17) is 0 Å². The molecule has 0 spiro atoms. The molecular weight excluding hydrogens is 288 g/mol. The van der Waals surface area contributed by atoms with Gasteiger partial charge in [-0.15, -0.1) is 0 Å². The topological polar surface area (TPSA) is 49.3 Å². The van der Waals surface area contributed by atoms with Crippen LogP contribution in [-0.4, -0.2) is 36.0 Å². The van der Waals surface area contributed by atoms with Gasteiger partial charge in [-0.2, -0.15) is 0 Å². The summed E-state index contributed by atoms with van der Waals surface area (Å²) in [4.78, 5) is 25.2. The van der Waals surface area contributed by atoms with Crippen LogP contribution in [0.5, 0.6) is 0 Å². The number of unbranched alkanes of at least 4 members (excludes halogenated alkanes) is 1. The number of amides is 1. The van der Waals surface area contributed by atoms with Crippen LogP contribution in [0.1, 0.15) is 37.2 Å². The summed E-state index contributed by atoms with van der Waals surface area (Å²) in [5.74, 6) is 0.486. The van der Waals surface area contributed by atoms with Gasteiger partial charge in [0.05, 0.1) is 0 Å². The number of anilines is 2. The molecule has 0 radical (unpaired) electrons. The van der Waals surface area contributed by atoms with Gasteiger partial charge in [0.1, 0.15) is 5.69 Å². The zero-order chi connectivity index (χ0) is 16.7. The van der Waals surface area contributed by atoms with Crippen LogP contribution in [0.2, 0.25) is 0 Å². The third-order valence-electron chi connectivity index (χ3n) is 3.68. The van der Waals surface area contributed by atoms with Gasteiger partial charge in [0.25, 0.3) is 5.91 Å². The highest BCUT2D eigenvalue weighted by molar-refractivity contribution is 6.04. The van der Waals surface area contributed by atoms with Gasteiger partial charge in [-0.1, -0.05) is 31.5 Å². The monoisotopic (exact) mass is 312 g/mol. The number of para-hydroxylation sites is 1. The van der Waals surface area contributed by atoms with E-state index in [0.717, 1.165) is 25.1 Å². The third kappa shape index (κ3) is 4.28. The minimum absolute atomic E-state index is 0.105. The lowest BCUT2D eigenvalue weighted by molar-refractivity contribution is 0.0983. The summed E-state index contributed by atoms with van der Waals surface area (Å²) in [6, 6.07) is 11.3. The molecule has 0 unspecified atom stereocenters. The maximum absolute atomic E-state index is 12.8. The first kappa shape index (κ1) is 16.9. The number of carbonyl (C=O) groups excluding carboxylic acids is 1. The molecule has 0 saturated carbocycles. The molecule has 5 heteroatoms. The Hall–Kier alpha value is -2.43. The fraction of sp³-hybridized carbons (Fsp3) is 0.389. The van der Waals surface area contributed by atoms with Crippen LogP contribution in [0.4, 0.5) is 11.6 Å². The number of hydrogen-bond donors (Lipinski definition) is 0. The van der Waals surface area contributed by atoms with Crippen molar-refractivity contribution in [2.45, 2.75) is 26.7 Å². The summed E-state index contributed by atoms with van der Waals surface area (Å²) in [5, 5.41) is 0. The van der Waals surface area contributed by atoms with E-state index in [1.54, 1.807) is 17.2 Å². The molecule has 0 fully saturated rings. The van der Waals surface area contributed by atoms with Crippen LogP contribution in [0.3, 0.4) is 0 Å². The highest BCUT2D eigenvalue weighted by Crippen LogP contribution is 2.16. The molecule has 2 rings (SSSR count). The van der Waals surface area contributed by atoms with Gasteiger partial charge < -0.3 is 9.80 Å². The molecule has 0 atom stereocenters. The Bertz CT molecular complexity index is 630. The molecule has 122 valence electrons. The van der Waals surface area contributed by atoms with Crippen molar-refractivity contribution in [3.05, 3.63) is 48.3 Å². The molecule has 0 aliphatic heterocycles. The van der Waals surface area contributed by atoms with Crippen molar-refractivity contribution in [2.24, 2.45) is 0 Å². The van der Waals surface area contributed by atoms with Crippen LogP contribution in [0, 0.1) is 0 Å². The second kappa shape index (κ2) is 8.27. The van der Waals surface area contributed by atoms with Crippen molar-refractivity contribution in [3.63, 3.8) is 0 Å². The zero-order valence-electron chi connectivity index (χ0n) is 14.1. The van der Waals surface area contributed by atoms with E-state index >= 15 is 0 Å². The smallest absolute Gasteiger partial charge is 0.277 e. The minimum Gasteiger partial charge on any atom is -0.344 e. The third-order valence-corrected chi connectivity index (χ3v) is 3.68. The number of rotatable bonds is 7. The summed E-state index contributed by atoms with van der Waals surface area (Å²) in [6.45, 7) is 5.58. The standard InChI is InChI=1S/C18H24N4O/c1-4-6-14-21(3)18-19-13-12-16(20-18)17(23)22(5-2)15-10-8-7-9-11-15/h7-13H,4-6,14H2,1-3H3. The fourth-order valence-corrected chi connectivity index (χ4v) is 2.34. The second-order valence-corrected chi connectivity index (χ2v) is 5.40. The Morgan fingerprint density at radius 3 is 2.52 bits per heavy atom. The van der Waals surface area contributed by atoms with Crippen LogP contribution in [-0.2, 0) is 0 Å². The van der Waals surface area contributed by atoms with Crippen LogP contribution in [0.25, 0.3) is 0 Å². The summed E-state index contributed by atoms with van der Waals surface area (Å²) in [5.41, 5.74) is 1.29. The first-order valence-electron chi connectivity index (χ1n) is 8.08. The Morgan fingerprint density at radius 2 is 1.87 bits per heavy atom. The molecule has 5 nitrogen and oxygen atoms in total. The van der Waals surface area contributed by atoms with E-state index < -0.39 is 0 Å². The molecule has 0 saturated heterocycles. The van der Waals surface area contributed by atoms with Gasteiger partial charge in [0.15, 0.2) is 0 Å². The Labute approximate surface area is 138 Å². The van der Waals surface area contributed by atoms with Gasteiger partial charge in [-0.05, 0) is 31.5 Å². The number of carbonyl (C=O) groups is 1. The molecule has 2 aromatic rings. The number of hydrogen-bond acceptors (Lipinski definition) is 4. The lowest BCUT2D eigenvalue weighted by Crippen LogP contribution is -2.32. The molecule has 0 N–H and O–H groups in total. The first-order valence-corrected chi connectivity index (χ1v) is 8.08. The fourth-order valence-electron chi connectivity index (χ4n) is 2.34. The van der Waals surface area contributed by atoms with E-state index in [9.17, 15) is 4.79 Å². The molecule has 1 amide bonds. The Morgan fingerprint density at radius 1 is 1.13 bits per heavy atom.